The Balaban J connectivity index is 2.63. The molecule has 0 atom stereocenters. The van der Waals surface area contributed by atoms with E-state index in [0.29, 0.717) is 5.75 Å². The van der Waals surface area contributed by atoms with Crippen LogP contribution in [0.3, 0.4) is 0 Å². The summed E-state index contributed by atoms with van der Waals surface area (Å²) in [7, 11) is 1.60. The van der Waals surface area contributed by atoms with E-state index in [9.17, 15) is 4.39 Å². The third kappa shape index (κ3) is 1.29. The van der Waals surface area contributed by atoms with E-state index in [1.165, 1.54) is 11.6 Å². The summed E-state index contributed by atoms with van der Waals surface area (Å²) in [6, 6.07) is 3.11. The fourth-order valence-corrected chi connectivity index (χ4v) is 2.33. The lowest BCUT2D eigenvalue weighted by Crippen LogP contribution is -2.13. The highest BCUT2D eigenvalue weighted by atomic mass is 19.1. The van der Waals surface area contributed by atoms with Gasteiger partial charge in [0.2, 0.25) is 0 Å². The van der Waals surface area contributed by atoms with Crippen LogP contribution in [0.2, 0.25) is 0 Å². The van der Waals surface area contributed by atoms with Crippen LogP contribution in [0.4, 0.5) is 4.39 Å². The van der Waals surface area contributed by atoms with Gasteiger partial charge in [0.15, 0.2) is 0 Å². The van der Waals surface area contributed by atoms with Crippen LogP contribution in [-0.4, -0.2) is 7.11 Å². The van der Waals surface area contributed by atoms with E-state index in [2.05, 4.69) is 13.8 Å². The van der Waals surface area contributed by atoms with Gasteiger partial charge in [0.05, 0.1) is 7.11 Å². The Labute approximate surface area is 83.9 Å². The summed E-state index contributed by atoms with van der Waals surface area (Å²) in [5.41, 5.74) is 2.40. The smallest absolute Gasteiger partial charge is 0.127 e. The molecule has 1 nitrogen and oxygen atoms in total. The molecule has 0 aliphatic heterocycles. The zero-order chi connectivity index (χ0) is 10.3. The van der Waals surface area contributed by atoms with Gasteiger partial charge < -0.3 is 4.74 Å². The molecule has 1 aliphatic rings. The summed E-state index contributed by atoms with van der Waals surface area (Å²) in [6.45, 7) is 4.36. The number of ether oxygens (including phenoxy) is 1. The summed E-state index contributed by atoms with van der Waals surface area (Å²) in [4.78, 5) is 0. The van der Waals surface area contributed by atoms with E-state index < -0.39 is 0 Å². The van der Waals surface area contributed by atoms with Gasteiger partial charge in [-0.3, -0.25) is 0 Å². The number of hydrogen-bond donors (Lipinski definition) is 0. The summed E-state index contributed by atoms with van der Waals surface area (Å²) >= 11 is 0. The molecular weight excluding hydrogens is 179 g/mol. The molecule has 0 radical (unpaired) electrons. The van der Waals surface area contributed by atoms with Gasteiger partial charge in [-0.05, 0) is 29.9 Å². The van der Waals surface area contributed by atoms with Crippen molar-refractivity contribution in [1.29, 1.82) is 0 Å². The fraction of sp³-hybridized carbons (Fsp3) is 0.500. The van der Waals surface area contributed by atoms with E-state index >= 15 is 0 Å². The van der Waals surface area contributed by atoms with Gasteiger partial charge >= 0.3 is 0 Å². The highest BCUT2D eigenvalue weighted by Gasteiger charge is 2.33. The van der Waals surface area contributed by atoms with Gasteiger partial charge in [0.25, 0.3) is 0 Å². The first-order valence-electron chi connectivity index (χ1n) is 4.91. The van der Waals surface area contributed by atoms with Crippen molar-refractivity contribution in [2.24, 2.45) is 0 Å². The number of hydrogen-bond acceptors (Lipinski definition) is 1. The maximum atomic E-state index is 13.2. The SMILES string of the molecule is COc1cc(F)cc2c1C(C)(C)CC2. The molecule has 0 amide bonds. The Morgan fingerprint density at radius 1 is 1.36 bits per heavy atom. The first-order valence-corrected chi connectivity index (χ1v) is 4.91. The molecular formula is C12H15FO. The lowest BCUT2D eigenvalue weighted by Gasteiger charge is -2.21. The molecule has 0 heterocycles. The number of aryl methyl sites for hydroxylation is 1. The zero-order valence-electron chi connectivity index (χ0n) is 8.86. The number of methoxy groups -OCH3 is 1. The second kappa shape index (κ2) is 2.97. The van der Waals surface area contributed by atoms with Crippen LogP contribution in [0.1, 0.15) is 31.4 Å². The van der Waals surface area contributed by atoms with Crippen LogP contribution in [0.15, 0.2) is 12.1 Å². The van der Waals surface area contributed by atoms with Crippen molar-refractivity contribution in [2.75, 3.05) is 7.11 Å². The van der Waals surface area contributed by atoms with Crippen molar-refractivity contribution in [3.8, 4) is 5.75 Å². The molecule has 2 heteroatoms. The average molecular weight is 194 g/mol. The predicted molar refractivity (Wildman–Crippen MR) is 54.3 cm³/mol. The van der Waals surface area contributed by atoms with Gasteiger partial charge in [0.1, 0.15) is 11.6 Å². The Bertz CT molecular complexity index is 369. The minimum absolute atomic E-state index is 0.119. The number of fused-ring (bicyclic) bond motifs is 1. The molecule has 0 aromatic heterocycles. The fourth-order valence-electron chi connectivity index (χ4n) is 2.33. The Kier molecular flexibility index (Phi) is 2.02. The maximum Gasteiger partial charge on any atom is 0.127 e. The highest BCUT2D eigenvalue weighted by molar-refractivity contribution is 5.48. The van der Waals surface area contributed by atoms with Crippen molar-refractivity contribution >= 4 is 0 Å². The van der Waals surface area contributed by atoms with E-state index in [1.54, 1.807) is 13.2 Å². The summed E-state index contributed by atoms with van der Waals surface area (Å²) < 4.78 is 18.4. The molecule has 0 spiro atoms. The minimum atomic E-state index is -0.196. The van der Waals surface area contributed by atoms with E-state index in [1.807, 2.05) is 0 Å². The van der Waals surface area contributed by atoms with Crippen LogP contribution in [-0.2, 0) is 11.8 Å². The van der Waals surface area contributed by atoms with Crippen molar-refractivity contribution in [2.45, 2.75) is 32.1 Å². The van der Waals surface area contributed by atoms with Gasteiger partial charge in [-0.15, -0.1) is 0 Å². The molecule has 1 aliphatic carbocycles. The molecule has 0 fully saturated rings. The largest absolute Gasteiger partial charge is 0.496 e. The third-order valence-electron chi connectivity index (χ3n) is 3.06. The van der Waals surface area contributed by atoms with Crippen molar-refractivity contribution in [3.05, 3.63) is 29.1 Å². The molecule has 1 aromatic rings. The quantitative estimate of drug-likeness (QED) is 0.667. The molecule has 1 aromatic carbocycles. The summed E-state index contributed by atoms with van der Waals surface area (Å²) in [6.07, 6.45) is 2.03. The van der Waals surface area contributed by atoms with Gasteiger partial charge in [-0.1, -0.05) is 13.8 Å². The van der Waals surface area contributed by atoms with E-state index in [4.69, 9.17) is 4.74 Å². The lowest BCUT2D eigenvalue weighted by molar-refractivity contribution is 0.392. The second-order valence-corrected chi connectivity index (χ2v) is 4.53. The summed E-state index contributed by atoms with van der Waals surface area (Å²) in [5.74, 6) is 0.501. The minimum Gasteiger partial charge on any atom is -0.496 e. The molecule has 76 valence electrons. The zero-order valence-corrected chi connectivity index (χ0v) is 8.86. The van der Waals surface area contributed by atoms with E-state index in [0.717, 1.165) is 18.4 Å². The normalized spacial score (nSPS) is 18.0. The Morgan fingerprint density at radius 3 is 2.71 bits per heavy atom. The first-order chi connectivity index (χ1) is 6.54. The molecule has 14 heavy (non-hydrogen) atoms. The van der Waals surface area contributed by atoms with Crippen molar-refractivity contribution < 1.29 is 9.13 Å². The number of halogens is 1. The Morgan fingerprint density at radius 2 is 2.07 bits per heavy atom. The van der Waals surface area contributed by atoms with Crippen LogP contribution in [0.25, 0.3) is 0 Å². The lowest BCUT2D eigenvalue weighted by atomic mass is 9.86. The van der Waals surface area contributed by atoms with Gasteiger partial charge in [0, 0.05) is 11.6 Å². The predicted octanol–water partition coefficient (Wildman–Crippen LogP) is 3.06. The monoisotopic (exact) mass is 194 g/mol. The third-order valence-corrected chi connectivity index (χ3v) is 3.06. The van der Waals surface area contributed by atoms with Crippen molar-refractivity contribution in [3.63, 3.8) is 0 Å². The van der Waals surface area contributed by atoms with E-state index in [-0.39, 0.29) is 11.2 Å². The molecule has 0 saturated heterocycles. The molecule has 0 saturated carbocycles. The standard InChI is InChI=1S/C12H15FO/c1-12(2)5-4-8-6-9(13)7-10(14-3)11(8)12/h6-7H,4-5H2,1-3H3. The molecule has 0 unspecified atom stereocenters. The number of benzene rings is 1. The number of rotatable bonds is 1. The highest BCUT2D eigenvalue weighted by Crippen LogP contribution is 2.43. The average Bonchev–Trinajstić information content (AvgIpc) is 2.41. The van der Waals surface area contributed by atoms with Crippen LogP contribution < -0.4 is 4.74 Å². The van der Waals surface area contributed by atoms with Crippen LogP contribution in [0.5, 0.6) is 5.75 Å². The maximum absolute atomic E-state index is 13.2. The molecule has 2 rings (SSSR count). The topological polar surface area (TPSA) is 9.23 Å². The molecule has 0 bridgehead atoms. The van der Waals surface area contributed by atoms with Crippen LogP contribution in [0, 0.1) is 5.82 Å². The molecule has 0 N–H and O–H groups in total. The van der Waals surface area contributed by atoms with Gasteiger partial charge in [-0.2, -0.15) is 0 Å². The summed E-state index contributed by atoms with van der Waals surface area (Å²) in [5, 5.41) is 0. The van der Waals surface area contributed by atoms with Crippen LogP contribution >= 0.6 is 0 Å². The first kappa shape index (κ1) is 9.50. The van der Waals surface area contributed by atoms with Crippen molar-refractivity contribution in [1.82, 2.24) is 0 Å². The Hall–Kier alpha value is -1.05. The second-order valence-electron chi connectivity index (χ2n) is 4.53. The van der Waals surface area contributed by atoms with Gasteiger partial charge in [-0.25, -0.2) is 4.39 Å².